The lowest BCUT2D eigenvalue weighted by molar-refractivity contribution is 0.306. The molecule has 2 saturated heterocycles. The number of anilines is 1. The van der Waals surface area contributed by atoms with E-state index in [1.165, 1.54) is 32.3 Å². The molecule has 1 aromatic heterocycles. The molecule has 1 saturated carbocycles. The van der Waals surface area contributed by atoms with Gasteiger partial charge in [-0.1, -0.05) is 6.92 Å². The number of likely N-dealkylation sites (tertiary alicyclic amines) is 1. The molecule has 0 amide bonds. The van der Waals surface area contributed by atoms with Crippen molar-refractivity contribution in [3.05, 3.63) is 17.8 Å². The maximum atomic E-state index is 14.3. The molecule has 2 atom stereocenters. The van der Waals surface area contributed by atoms with E-state index >= 15 is 0 Å². The highest BCUT2D eigenvalue weighted by atomic mass is 19.1. The van der Waals surface area contributed by atoms with Crippen molar-refractivity contribution in [1.82, 2.24) is 14.9 Å². The maximum Gasteiger partial charge on any atom is 0.187 e. The standard InChI is InChI=1S/C15H21FN4/c1-2-13-14(16)15(18-9-17-13)20-7-10-5-19(12-3-4-12)6-11(10)8-20/h9-12H,2-8H2,1H3. The quantitative estimate of drug-likeness (QED) is 0.841. The second kappa shape index (κ2) is 4.65. The lowest BCUT2D eigenvalue weighted by Crippen LogP contribution is -2.31. The van der Waals surface area contributed by atoms with Gasteiger partial charge in [0, 0.05) is 32.2 Å². The minimum absolute atomic E-state index is 0.214. The summed E-state index contributed by atoms with van der Waals surface area (Å²) in [6.45, 7) is 6.22. The van der Waals surface area contributed by atoms with Gasteiger partial charge in [-0.3, -0.25) is 4.90 Å². The van der Waals surface area contributed by atoms with Crippen LogP contribution in [0.5, 0.6) is 0 Å². The Morgan fingerprint density at radius 2 is 1.85 bits per heavy atom. The molecule has 108 valence electrons. The van der Waals surface area contributed by atoms with Gasteiger partial charge >= 0.3 is 0 Å². The molecule has 3 heterocycles. The average molecular weight is 276 g/mol. The fourth-order valence-electron chi connectivity index (χ4n) is 3.80. The van der Waals surface area contributed by atoms with Gasteiger partial charge in [0.15, 0.2) is 11.6 Å². The van der Waals surface area contributed by atoms with Gasteiger partial charge in [-0.2, -0.15) is 0 Å². The summed E-state index contributed by atoms with van der Waals surface area (Å²) >= 11 is 0. The topological polar surface area (TPSA) is 32.3 Å². The second-order valence-corrected chi connectivity index (χ2v) is 6.42. The Bertz CT molecular complexity index is 503. The fourth-order valence-corrected chi connectivity index (χ4v) is 3.80. The molecule has 0 bridgehead atoms. The monoisotopic (exact) mass is 276 g/mol. The van der Waals surface area contributed by atoms with Gasteiger partial charge < -0.3 is 4.90 Å². The Morgan fingerprint density at radius 1 is 1.15 bits per heavy atom. The normalized spacial score (nSPS) is 30.0. The first-order valence-corrected chi connectivity index (χ1v) is 7.74. The molecule has 4 rings (SSSR count). The number of aromatic nitrogens is 2. The highest BCUT2D eigenvalue weighted by Gasteiger charge is 2.45. The van der Waals surface area contributed by atoms with E-state index in [2.05, 4.69) is 19.8 Å². The first-order valence-electron chi connectivity index (χ1n) is 7.74. The third-order valence-electron chi connectivity index (χ3n) is 5.06. The zero-order valence-electron chi connectivity index (χ0n) is 11.9. The summed E-state index contributed by atoms with van der Waals surface area (Å²) in [6, 6.07) is 0.858. The van der Waals surface area contributed by atoms with E-state index in [4.69, 9.17) is 0 Å². The summed E-state index contributed by atoms with van der Waals surface area (Å²) in [5.74, 6) is 1.68. The van der Waals surface area contributed by atoms with Crippen molar-refractivity contribution in [2.75, 3.05) is 31.1 Å². The summed E-state index contributed by atoms with van der Waals surface area (Å²) in [5, 5.41) is 0. The van der Waals surface area contributed by atoms with Crippen LogP contribution in [-0.2, 0) is 6.42 Å². The van der Waals surface area contributed by atoms with Crippen LogP contribution >= 0.6 is 0 Å². The number of hydrogen-bond donors (Lipinski definition) is 0. The predicted molar refractivity (Wildman–Crippen MR) is 75.2 cm³/mol. The molecule has 1 aromatic rings. The van der Waals surface area contributed by atoms with Crippen LogP contribution in [0.15, 0.2) is 6.33 Å². The van der Waals surface area contributed by atoms with Gasteiger partial charge in [0.1, 0.15) is 6.33 Å². The molecule has 2 aliphatic heterocycles. The first kappa shape index (κ1) is 12.5. The molecule has 20 heavy (non-hydrogen) atoms. The smallest absolute Gasteiger partial charge is 0.187 e. The van der Waals surface area contributed by atoms with Crippen LogP contribution in [0.1, 0.15) is 25.5 Å². The Kier molecular flexibility index (Phi) is 2.91. The Morgan fingerprint density at radius 3 is 2.45 bits per heavy atom. The molecule has 5 heteroatoms. The molecule has 3 fully saturated rings. The van der Waals surface area contributed by atoms with Gasteiger partial charge in [-0.15, -0.1) is 0 Å². The van der Waals surface area contributed by atoms with E-state index in [0.717, 1.165) is 19.1 Å². The highest BCUT2D eigenvalue weighted by Crippen LogP contribution is 2.39. The van der Waals surface area contributed by atoms with Gasteiger partial charge in [0.25, 0.3) is 0 Å². The lowest BCUT2D eigenvalue weighted by atomic mass is 10.0. The Labute approximate surface area is 119 Å². The molecule has 0 spiro atoms. The molecule has 0 radical (unpaired) electrons. The molecule has 1 aliphatic carbocycles. The third-order valence-corrected chi connectivity index (χ3v) is 5.06. The number of nitrogens with zero attached hydrogens (tertiary/aromatic N) is 4. The molecular formula is C15H21FN4. The zero-order valence-corrected chi connectivity index (χ0v) is 11.9. The number of fused-ring (bicyclic) bond motifs is 1. The zero-order chi connectivity index (χ0) is 13.7. The van der Waals surface area contributed by atoms with Gasteiger partial charge in [-0.25, -0.2) is 14.4 Å². The van der Waals surface area contributed by atoms with Gasteiger partial charge in [-0.05, 0) is 31.1 Å². The SMILES string of the molecule is CCc1ncnc(N2CC3CN(C4CC4)CC3C2)c1F. The van der Waals surface area contributed by atoms with Crippen molar-refractivity contribution >= 4 is 5.82 Å². The first-order chi connectivity index (χ1) is 9.76. The average Bonchev–Trinajstić information content (AvgIpc) is 3.11. The van der Waals surface area contributed by atoms with Crippen LogP contribution in [-0.4, -0.2) is 47.1 Å². The lowest BCUT2D eigenvalue weighted by Gasteiger charge is -2.22. The van der Waals surface area contributed by atoms with E-state index in [9.17, 15) is 4.39 Å². The predicted octanol–water partition coefficient (Wildman–Crippen LogP) is 1.71. The fraction of sp³-hybridized carbons (Fsp3) is 0.733. The maximum absolute atomic E-state index is 14.3. The van der Waals surface area contributed by atoms with Crippen molar-refractivity contribution in [2.24, 2.45) is 11.8 Å². The largest absolute Gasteiger partial charge is 0.353 e. The number of aryl methyl sites for hydroxylation is 1. The molecule has 2 unspecified atom stereocenters. The summed E-state index contributed by atoms with van der Waals surface area (Å²) in [7, 11) is 0. The van der Waals surface area contributed by atoms with Crippen LogP contribution in [0.3, 0.4) is 0 Å². The minimum atomic E-state index is -0.214. The third kappa shape index (κ3) is 1.99. The summed E-state index contributed by atoms with van der Waals surface area (Å²) in [4.78, 5) is 13.0. The van der Waals surface area contributed by atoms with Crippen LogP contribution < -0.4 is 4.90 Å². The number of hydrogen-bond acceptors (Lipinski definition) is 4. The second-order valence-electron chi connectivity index (χ2n) is 6.42. The molecular weight excluding hydrogens is 255 g/mol. The van der Waals surface area contributed by atoms with Crippen molar-refractivity contribution < 1.29 is 4.39 Å². The Balaban J connectivity index is 1.50. The van der Waals surface area contributed by atoms with Crippen LogP contribution in [0.4, 0.5) is 10.2 Å². The van der Waals surface area contributed by atoms with E-state index in [0.29, 0.717) is 29.8 Å². The van der Waals surface area contributed by atoms with E-state index in [-0.39, 0.29) is 5.82 Å². The summed E-state index contributed by atoms with van der Waals surface area (Å²) in [6.07, 6.45) is 4.88. The minimum Gasteiger partial charge on any atom is -0.353 e. The van der Waals surface area contributed by atoms with Gasteiger partial charge in [0.05, 0.1) is 5.69 Å². The molecule has 3 aliphatic rings. The van der Waals surface area contributed by atoms with Crippen molar-refractivity contribution in [1.29, 1.82) is 0 Å². The van der Waals surface area contributed by atoms with Crippen molar-refractivity contribution in [3.8, 4) is 0 Å². The Hall–Kier alpha value is -1.23. The van der Waals surface area contributed by atoms with E-state index < -0.39 is 0 Å². The molecule has 0 N–H and O–H groups in total. The number of rotatable bonds is 3. The van der Waals surface area contributed by atoms with Crippen molar-refractivity contribution in [2.45, 2.75) is 32.2 Å². The van der Waals surface area contributed by atoms with Crippen LogP contribution in [0.2, 0.25) is 0 Å². The van der Waals surface area contributed by atoms with Crippen LogP contribution in [0.25, 0.3) is 0 Å². The van der Waals surface area contributed by atoms with E-state index in [1.807, 2.05) is 6.92 Å². The molecule has 0 aromatic carbocycles. The van der Waals surface area contributed by atoms with Crippen molar-refractivity contribution in [3.63, 3.8) is 0 Å². The van der Waals surface area contributed by atoms with Crippen LogP contribution in [0, 0.1) is 17.7 Å². The highest BCUT2D eigenvalue weighted by molar-refractivity contribution is 5.43. The molecule has 4 nitrogen and oxygen atoms in total. The van der Waals surface area contributed by atoms with E-state index in [1.54, 1.807) is 0 Å². The van der Waals surface area contributed by atoms with Gasteiger partial charge in [0.2, 0.25) is 0 Å². The summed E-state index contributed by atoms with van der Waals surface area (Å²) < 4.78 is 14.3. The number of halogens is 1. The summed E-state index contributed by atoms with van der Waals surface area (Å²) in [5.41, 5.74) is 0.534.